The zero-order valence-electron chi connectivity index (χ0n) is 18.7. The predicted octanol–water partition coefficient (Wildman–Crippen LogP) is 5.12. The molecule has 0 aliphatic carbocycles. The van der Waals surface area contributed by atoms with E-state index in [2.05, 4.69) is 19.9 Å². The number of nitrogens with one attached hydrogen (secondary N) is 1. The van der Waals surface area contributed by atoms with Crippen LogP contribution in [0.2, 0.25) is 5.02 Å². The van der Waals surface area contributed by atoms with Crippen molar-refractivity contribution in [3.8, 4) is 11.5 Å². The van der Waals surface area contributed by atoms with E-state index in [-0.39, 0.29) is 29.4 Å². The number of aromatic amines is 1. The predicted molar refractivity (Wildman–Crippen MR) is 133 cm³/mol. The van der Waals surface area contributed by atoms with Crippen molar-refractivity contribution in [3.05, 3.63) is 77.2 Å². The van der Waals surface area contributed by atoms with Gasteiger partial charge in [0, 0.05) is 30.0 Å². The van der Waals surface area contributed by atoms with E-state index in [0.717, 1.165) is 12.8 Å². The summed E-state index contributed by atoms with van der Waals surface area (Å²) in [5.41, 5.74) is 1.23. The average Bonchev–Trinajstić information content (AvgIpc) is 3.33. The first-order valence-corrected chi connectivity index (χ1v) is 11.7. The molecule has 0 saturated carbocycles. The van der Waals surface area contributed by atoms with Crippen molar-refractivity contribution in [1.29, 1.82) is 0 Å². The fourth-order valence-electron chi connectivity index (χ4n) is 4.00. The van der Waals surface area contributed by atoms with E-state index in [0.29, 0.717) is 46.1 Å². The van der Waals surface area contributed by atoms with Gasteiger partial charge in [0.05, 0.1) is 35.3 Å². The molecule has 1 saturated heterocycles. The van der Waals surface area contributed by atoms with Crippen LogP contribution in [0.3, 0.4) is 0 Å². The van der Waals surface area contributed by atoms with E-state index in [9.17, 15) is 9.90 Å². The van der Waals surface area contributed by atoms with Crippen molar-refractivity contribution in [2.75, 3.05) is 13.2 Å². The molecule has 5 rings (SSSR count). The number of carbonyl (C=O) groups is 1. The second-order valence-corrected chi connectivity index (χ2v) is 8.67. The first-order chi connectivity index (χ1) is 17.1. The number of benzene rings is 2. The lowest BCUT2D eigenvalue weighted by Crippen LogP contribution is -2.29. The molecule has 0 amide bonds. The lowest BCUT2D eigenvalue weighted by atomic mass is 10.00. The number of aliphatic imine (C=N–C) groups is 1. The summed E-state index contributed by atoms with van der Waals surface area (Å²) in [6, 6.07) is 14.3. The summed E-state index contributed by atoms with van der Waals surface area (Å²) in [4.78, 5) is 29.6. The van der Waals surface area contributed by atoms with Crippen LogP contribution in [0.25, 0.3) is 11.0 Å². The number of hydrogen-bond donors (Lipinski definition) is 2. The largest absolute Gasteiger partial charge is 0.457 e. The van der Waals surface area contributed by atoms with Crippen molar-refractivity contribution < 1.29 is 19.4 Å². The Bertz CT molecular complexity index is 1360. The number of halogens is 1. The molecule has 0 spiro atoms. The van der Waals surface area contributed by atoms with Crippen LogP contribution in [0.5, 0.6) is 11.5 Å². The lowest BCUT2D eigenvalue weighted by Gasteiger charge is -2.25. The van der Waals surface area contributed by atoms with Gasteiger partial charge in [-0.1, -0.05) is 29.8 Å². The fraction of sp³-hybridized carbons (Fsp3) is 0.231. The highest BCUT2D eigenvalue weighted by molar-refractivity contribution is 6.35. The molecular formula is C26H23ClN4O4. The molecule has 0 bridgehead atoms. The minimum atomic E-state index is -0.273. The first-order valence-electron chi connectivity index (χ1n) is 11.3. The second kappa shape index (κ2) is 10.4. The SMILES string of the molecule is O=C(c1ccc(Oc2ccccc2)cc1Cl)c1c[nH]c2ncnc(N=CC3CC[C@@H](CO)OC3)c12. The van der Waals surface area contributed by atoms with Gasteiger partial charge in [-0.05, 0) is 37.1 Å². The molecule has 8 nitrogen and oxygen atoms in total. The average molecular weight is 491 g/mol. The molecule has 2 atom stereocenters. The van der Waals surface area contributed by atoms with Crippen LogP contribution in [0.1, 0.15) is 28.8 Å². The van der Waals surface area contributed by atoms with E-state index < -0.39 is 0 Å². The molecule has 1 aliphatic heterocycles. The minimum absolute atomic E-state index is 0.0210. The topological polar surface area (TPSA) is 110 Å². The zero-order valence-corrected chi connectivity index (χ0v) is 19.5. The van der Waals surface area contributed by atoms with E-state index in [1.165, 1.54) is 6.33 Å². The van der Waals surface area contributed by atoms with E-state index >= 15 is 0 Å². The van der Waals surface area contributed by atoms with Gasteiger partial charge in [0.2, 0.25) is 0 Å². The maximum atomic E-state index is 13.4. The Hall–Kier alpha value is -3.59. The molecule has 2 N–H and O–H groups in total. The third-order valence-electron chi connectivity index (χ3n) is 5.88. The number of rotatable bonds is 7. The number of aliphatic hydroxyl groups excluding tert-OH is 1. The number of hydrogen-bond acceptors (Lipinski definition) is 7. The van der Waals surface area contributed by atoms with Gasteiger partial charge < -0.3 is 19.6 Å². The van der Waals surface area contributed by atoms with Crippen LogP contribution in [0, 0.1) is 5.92 Å². The number of carbonyl (C=O) groups excluding carboxylic acids is 1. The Kier molecular flexibility index (Phi) is 6.85. The number of H-pyrrole nitrogens is 1. The maximum absolute atomic E-state index is 13.4. The molecule has 0 radical (unpaired) electrons. The molecule has 178 valence electrons. The number of ketones is 1. The molecule has 2 aromatic heterocycles. The standard InChI is InChI=1S/C26H23ClN4O4/c27-22-10-18(35-17-4-2-1-3-5-17)8-9-20(22)24(33)21-12-29-26-23(21)25(30-15-31-26)28-11-16-6-7-19(13-32)34-14-16/h1-5,8-12,15-16,19,32H,6-7,13-14H2,(H,29,30,31)/t16?,19-/m0/s1. The number of ether oxygens (including phenoxy) is 2. The van der Waals surface area contributed by atoms with Gasteiger partial charge in [-0.25, -0.2) is 15.0 Å². The molecule has 1 unspecified atom stereocenters. The molecular weight excluding hydrogens is 468 g/mol. The first kappa shape index (κ1) is 23.2. The summed E-state index contributed by atoms with van der Waals surface area (Å²) in [5, 5.41) is 10.0. The Labute approximate surface area is 206 Å². The summed E-state index contributed by atoms with van der Waals surface area (Å²) in [7, 11) is 0. The van der Waals surface area contributed by atoms with E-state index in [4.69, 9.17) is 21.1 Å². The fourth-order valence-corrected chi connectivity index (χ4v) is 4.26. The van der Waals surface area contributed by atoms with E-state index in [1.807, 2.05) is 30.3 Å². The third-order valence-corrected chi connectivity index (χ3v) is 6.19. The van der Waals surface area contributed by atoms with Crippen LogP contribution >= 0.6 is 11.6 Å². The highest BCUT2D eigenvalue weighted by Crippen LogP contribution is 2.32. The van der Waals surface area contributed by atoms with Crippen molar-refractivity contribution in [2.24, 2.45) is 10.9 Å². The summed E-state index contributed by atoms with van der Waals surface area (Å²) >= 11 is 6.48. The highest BCUT2D eigenvalue weighted by Gasteiger charge is 2.22. The van der Waals surface area contributed by atoms with Gasteiger partial charge in [0.1, 0.15) is 23.5 Å². The van der Waals surface area contributed by atoms with Gasteiger partial charge in [0.25, 0.3) is 0 Å². The molecule has 3 heterocycles. The molecule has 4 aromatic rings. The Balaban J connectivity index is 1.40. The zero-order chi connectivity index (χ0) is 24.2. The lowest BCUT2D eigenvalue weighted by molar-refractivity contribution is -0.0286. The maximum Gasteiger partial charge on any atom is 0.196 e. The minimum Gasteiger partial charge on any atom is -0.457 e. The van der Waals surface area contributed by atoms with Crippen molar-refractivity contribution in [3.63, 3.8) is 0 Å². The number of aliphatic hydroxyl groups is 1. The molecule has 1 aliphatic rings. The monoisotopic (exact) mass is 490 g/mol. The number of aromatic nitrogens is 3. The summed E-state index contributed by atoms with van der Waals surface area (Å²) in [5.74, 6) is 1.43. The third kappa shape index (κ3) is 5.09. The van der Waals surface area contributed by atoms with Gasteiger partial charge in [-0.2, -0.15) is 0 Å². The molecule has 9 heteroatoms. The summed E-state index contributed by atoms with van der Waals surface area (Å²) in [6.45, 7) is 0.502. The summed E-state index contributed by atoms with van der Waals surface area (Å²) < 4.78 is 11.4. The highest BCUT2D eigenvalue weighted by atomic mass is 35.5. The van der Waals surface area contributed by atoms with Crippen LogP contribution in [-0.2, 0) is 4.74 Å². The molecule has 2 aromatic carbocycles. The Morgan fingerprint density at radius 2 is 2.03 bits per heavy atom. The van der Waals surface area contributed by atoms with Crippen LogP contribution in [0.4, 0.5) is 5.82 Å². The number of para-hydroxylation sites is 1. The smallest absolute Gasteiger partial charge is 0.196 e. The van der Waals surface area contributed by atoms with Gasteiger partial charge >= 0.3 is 0 Å². The van der Waals surface area contributed by atoms with Crippen LogP contribution in [0.15, 0.2) is 66.0 Å². The van der Waals surface area contributed by atoms with Crippen molar-refractivity contribution in [1.82, 2.24) is 15.0 Å². The van der Waals surface area contributed by atoms with Gasteiger partial charge in [0.15, 0.2) is 11.6 Å². The van der Waals surface area contributed by atoms with Gasteiger partial charge in [-0.3, -0.25) is 4.79 Å². The normalized spacial score (nSPS) is 18.2. The quantitative estimate of drug-likeness (QED) is 0.275. The Morgan fingerprint density at radius 3 is 2.77 bits per heavy atom. The van der Waals surface area contributed by atoms with Crippen molar-refractivity contribution in [2.45, 2.75) is 18.9 Å². The number of fused-ring (bicyclic) bond motifs is 1. The molecule has 35 heavy (non-hydrogen) atoms. The Morgan fingerprint density at radius 1 is 1.17 bits per heavy atom. The van der Waals surface area contributed by atoms with Crippen LogP contribution < -0.4 is 4.74 Å². The van der Waals surface area contributed by atoms with Crippen molar-refractivity contribution >= 4 is 40.5 Å². The number of nitrogens with zero attached hydrogens (tertiary/aromatic N) is 3. The van der Waals surface area contributed by atoms with E-state index in [1.54, 1.807) is 30.6 Å². The molecule has 1 fully saturated rings. The van der Waals surface area contributed by atoms with Crippen LogP contribution in [-0.4, -0.2) is 51.4 Å². The second-order valence-electron chi connectivity index (χ2n) is 8.26. The summed E-state index contributed by atoms with van der Waals surface area (Å²) in [6.07, 6.45) is 6.30. The van der Waals surface area contributed by atoms with Gasteiger partial charge in [-0.15, -0.1) is 0 Å².